The quantitative estimate of drug-likeness (QED) is 0.186. The van der Waals surface area contributed by atoms with E-state index in [1.165, 1.54) is 53.2 Å². The van der Waals surface area contributed by atoms with Gasteiger partial charge in [-0.1, -0.05) is 44.0 Å². The van der Waals surface area contributed by atoms with E-state index in [-0.39, 0.29) is 0 Å². The zero-order chi connectivity index (χ0) is 28.3. The minimum atomic E-state index is 0.423. The lowest BCUT2D eigenvalue weighted by molar-refractivity contribution is -0.673. The number of benzene rings is 2. The number of unbranched alkanes of at least 4 members (excludes halogenated alkanes) is 1. The number of hydrogen-bond donors (Lipinski definition) is 0. The van der Waals surface area contributed by atoms with E-state index in [1.807, 2.05) is 12.1 Å². The Hall–Kier alpha value is -4.18. The van der Waals surface area contributed by atoms with Crippen LogP contribution < -0.4 is 18.9 Å². The van der Waals surface area contributed by atoms with Crippen molar-refractivity contribution in [3.8, 4) is 0 Å². The summed E-state index contributed by atoms with van der Waals surface area (Å²) in [6.07, 6.45) is 16.4. The standard InChI is InChI=1S/C36H44N4/c1-6-7-12-36(40(5)35-25-19-31(20-26-35)16-22-33-14-9-11-28-38(33)3)29-39(4)34-23-17-30(18-24-34)15-21-32-13-8-10-27-37(32)2/h8-11,13-28,36H,6-7,12,29H2,1-5H3/q+2. The minimum Gasteiger partial charge on any atom is -0.373 e. The Morgan fingerprint density at radius 2 is 1.15 bits per heavy atom. The van der Waals surface area contributed by atoms with Gasteiger partial charge >= 0.3 is 0 Å². The van der Waals surface area contributed by atoms with E-state index in [2.05, 4.69) is 164 Å². The summed E-state index contributed by atoms with van der Waals surface area (Å²) in [5.74, 6) is 0. The van der Waals surface area contributed by atoms with Gasteiger partial charge in [0.05, 0.1) is 0 Å². The smallest absolute Gasteiger partial charge is 0.204 e. The highest BCUT2D eigenvalue weighted by molar-refractivity contribution is 5.69. The Morgan fingerprint density at radius 3 is 1.62 bits per heavy atom. The van der Waals surface area contributed by atoms with Crippen molar-refractivity contribution in [3.05, 3.63) is 120 Å². The average Bonchev–Trinajstić information content (AvgIpc) is 2.98. The molecule has 0 saturated carbocycles. The van der Waals surface area contributed by atoms with Crippen LogP contribution in [0.15, 0.2) is 97.3 Å². The molecule has 206 valence electrons. The van der Waals surface area contributed by atoms with Crippen LogP contribution in [0.1, 0.15) is 48.7 Å². The molecule has 0 aliphatic heterocycles. The summed E-state index contributed by atoms with van der Waals surface area (Å²) in [6.45, 7) is 3.24. The highest BCUT2D eigenvalue weighted by atomic mass is 15.2. The molecule has 0 fully saturated rings. The molecule has 0 aliphatic rings. The van der Waals surface area contributed by atoms with Gasteiger partial charge in [-0.15, -0.1) is 0 Å². The molecule has 4 heteroatoms. The van der Waals surface area contributed by atoms with Gasteiger partial charge in [-0.05, 0) is 66.1 Å². The number of hydrogen-bond acceptors (Lipinski definition) is 2. The van der Waals surface area contributed by atoms with Gasteiger partial charge in [-0.2, -0.15) is 0 Å². The molecule has 40 heavy (non-hydrogen) atoms. The number of nitrogens with zero attached hydrogens (tertiary/aromatic N) is 4. The van der Waals surface area contributed by atoms with Crippen molar-refractivity contribution in [1.29, 1.82) is 0 Å². The molecule has 2 aromatic carbocycles. The van der Waals surface area contributed by atoms with E-state index in [4.69, 9.17) is 0 Å². The van der Waals surface area contributed by atoms with Crippen LogP contribution in [-0.4, -0.2) is 26.7 Å². The Morgan fingerprint density at radius 1 is 0.650 bits per heavy atom. The zero-order valence-electron chi connectivity index (χ0n) is 24.7. The van der Waals surface area contributed by atoms with Gasteiger partial charge in [-0.25, -0.2) is 9.13 Å². The molecule has 2 heterocycles. The molecule has 1 atom stereocenters. The predicted octanol–water partition coefficient (Wildman–Crippen LogP) is 6.81. The lowest BCUT2D eigenvalue weighted by Crippen LogP contribution is -2.41. The first-order valence-corrected chi connectivity index (χ1v) is 14.3. The Labute approximate surface area is 241 Å². The van der Waals surface area contributed by atoms with E-state index in [0.717, 1.165) is 6.54 Å². The van der Waals surface area contributed by atoms with E-state index >= 15 is 0 Å². The average molecular weight is 533 g/mol. The van der Waals surface area contributed by atoms with Crippen molar-refractivity contribution in [2.45, 2.75) is 32.2 Å². The van der Waals surface area contributed by atoms with Gasteiger partial charge < -0.3 is 9.80 Å². The molecule has 0 saturated heterocycles. The van der Waals surface area contributed by atoms with Crippen LogP contribution >= 0.6 is 0 Å². The number of rotatable bonds is 12. The largest absolute Gasteiger partial charge is 0.373 e. The molecule has 0 N–H and O–H groups in total. The SMILES string of the molecule is CCCCC(CN(C)c1ccc(/C=C/c2cccc[n+]2C)cc1)N(C)c1ccc(/C=C/c2cccc[n+]2C)cc1. The van der Waals surface area contributed by atoms with E-state index < -0.39 is 0 Å². The number of aryl methyl sites for hydroxylation is 2. The molecular formula is C36H44N4+2. The first kappa shape index (κ1) is 28.8. The first-order valence-electron chi connectivity index (χ1n) is 14.3. The molecule has 0 bridgehead atoms. The van der Waals surface area contributed by atoms with Crippen molar-refractivity contribution in [1.82, 2.24) is 0 Å². The maximum absolute atomic E-state index is 2.45. The third-order valence-electron chi connectivity index (χ3n) is 7.64. The molecule has 0 amide bonds. The highest BCUT2D eigenvalue weighted by Gasteiger charge is 2.18. The third-order valence-corrected chi connectivity index (χ3v) is 7.64. The van der Waals surface area contributed by atoms with Gasteiger partial charge in [0.1, 0.15) is 14.1 Å². The van der Waals surface area contributed by atoms with Gasteiger partial charge in [0, 0.05) is 74.5 Å². The number of anilines is 2. The molecular weight excluding hydrogens is 488 g/mol. The van der Waals surface area contributed by atoms with E-state index in [1.54, 1.807) is 0 Å². The fraction of sp³-hybridized carbons (Fsp3) is 0.278. The van der Waals surface area contributed by atoms with Crippen LogP contribution in [0.5, 0.6) is 0 Å². The maximum Gasteiger partial charge on any atom is 0.204 e. The van der Waals surface area contributed by atoms with Crippen molar-refractivity contribution in [2.24, 2.45) is 14.1 Å². The lowest BCUT2D eigenvalue weighted by Gasteiger charge is -2.34. The van der Waals surface area contributed by atoms with Gasteiger partial charge in [0.15, 0.2) is 12.4 Å². The van der Waals surface area contributed by atoms with Crippen molar-refractivity contribution in [2.75, 3.05) is 30.4 Å². The molecule has 1 unspecified atom stereocenters. The topological polar surface area (TPSA) is 14.2 Å². The number of likely N-dealkylation sites (N-methyl/N-ethyl adjacent to an activating group) is 2. The lowest BCUT2D eigenvalue weighted by atomic mass is 10.1. The highest BCUT2D eigenvalue weighted by Crippen LogP contribution is 2.23. The third kappa shape index (κ3) is 7.92. The Bertz CT molecular complexity index is 1400. The van der Waals surface area contributed by atoms with Crippen LogP contribution in [0.2, 0.25) is 0 Å². The summed E-state index contributed by atoms with van der Waals surface area (Å²) in [5.41, 5.74) is 7.27. The number of aromatic nitrogens is 2. The summed E-state index contributed by atoms with van der Waals surface area (Å²) in [6, 6.07) is 30.7. The molecule has 4 aromatic rings. The minimum absolute atomic E-state index is 0.423. The van der Waals surface area contributed by atoms with E-state index in [9.17, 15) is 0 Å². The molecule has 2 aromatic heterocycles. The van der Waals surface area contributed by atoms with Gasteiger partial charge in [0.2, 0.25) is 11.4 Å². The fourth-order valence-corrected chi connectivity index (χ4v) is 4.92. The van der Waals surface area contributed by atoms with Crippen LogP contribution in [0.4, 0.5) is 11.4 Å². The maximum atomic E-state index is 2.45. The molecule has 0 aliphatic carbocycles. The van der Waals surface area contributed by atoms with Crippen molar-refractivity contribution >= 4 is 35.7 Å². The summed E-state index contributed by atoms with van der Waals surface area (Å²) in [5, 5.41) is 0. The molecule has 0 radical (unpaired) electrons. The van der Waals surface area contributed by atoms with Gasteiger partial charge in [-0.3, -0.25) is 0 Å². The second kappa shape index (κ2) is 14.3. The van der Waals surface area contributed by atoms with E-state index in [0.29, 0.717) is 6.04 Å². The zero-order valence-corrected chi connectivity index (χ0v) is 24.7. The van der Waals surface area contributed by atoms with Crippen molar-refractivity contribution in [3.63, 3.8) is 0 Å². The first-order chi connectivity index (χ1) is 19.4. The van der Waals surface area contributed by atoms with Crippen molar-refractivity contribution < 1.29 is 9.13 Å². The summed E-state index contributed by atoms with van der Waals surface area (Å²) in [7, 11) is 8.59. The van der Waals surface area contributed by atoms with Crippen LogP contribution in [0, 0.1) is 0 Å². The predicted molar refractivity (Wildman–Crippen MR) is 171 cm³/mol. The van der Waals surface area contributed by atoms with Crippen LogP contribution in [-0.2, 0) is 14.1 Å². The Kier molecular flexibility index (Phi) is 10.3. The van der Waals surface area contributed by atoms with Crippen LogP contribution in [0.25, 0.3) is 24.3 Å². The van der Waals surface area contributed by atoms with Gasteiger partial charge in [0.25, 0.3) is 0 Å². The Balaban J connectivity index is 1.41. The normalized spacial score (nSPS) is 12.2. The summed E-state index contributed by atoms with van der Waals surface area (Å²) >= 11 is 0. The molecule has 0 spiro atoms. The fourth-order valence-electron chi connectivity index (χ4n) is 4.92. The molecule has 4 nitrogen and oxygen atoms in total. The monoisotopic (exact) mass is 532 g/mol. The summed E-state index contributed by atoms with van der Waals surface area (Å²) < 4.78 is 4.25. The van der Waals surface area contributed by atoms with Crippen LogP contribution in [0.3, 0.4) is 0 Å². The summed E-state index contributed by atoms with van der Waals surface area (Å²) in [4.78, 5) is 4.84. The molecule has 4 rings (SSSR count). The second-order valence-corrected chi connectivity index (χ2v) is 10.6. The second-order valence-electron chi connectivity index (χ2n) is 10.6. The number of pyridine rings is 2.